The third-order valence-corrected chi connectivity index (χ3v) is 1.91. The highest BCUT2D eigenvalue weighted by molar-refractivity contribution is 5.91. The van der Waals surface area contributed by atoms with Gasteiger partial charge in [0.1, 0.15) is 0 Å². The standard InChI is InChI=1S/C10H13N3O4/c1-13-6-7(4-12-13)2-3-9(15)11-5-8(14)10(16)17/h2-4,6,8,14H,5H2,1H3,(H,11,15)(H,16,17)/b3-2+/t8-/m0/s1. The summed E-state index contributed by atoms with van der Waals surface area (Å²) in [6, 6.07) is 0. The molecule has 92 valence electrons. The van der Waals surface area contributed by atoms with Crippen LogP contribution in [0.5, 0.6) is 0 Å². The second-order valence-electron chi connectivity index (χ2n) is 3.38. The predicted octanol–water partition coefficient (Wildman–Crippen LogP) is -1.00. The first kappa shape index (κ1) is 12.9. The van der Waals surface area contributed by atoms with Gasteiger partial charge in [-0.05, 0) is 6.08 Å². The van der Waals surface area contributed by atoms with E-state index in [2.05, 4.69) is 10.4 Å². The Kier molecular flexibility index (Phi) is 4.41. The number of amides is 1. The van der Waals surface area contributed by atoms with E-state index in [1.54, 1.807) is 24.1 Å². The van der Waals surface area contributed by atoms with E-state index in [1.807, 2.05) is 0 Å². The number of aliphatic hydroxyl groups excluding tert-OH is 1. The van der Waals surface area contributed by atoms with Crippen molar-refractivity contribution < 1.29 is 19.8 Å². The van der Waals surface area contributed by atoms with Gasteiger partial charge in [0.2, 0.25) is 5.91 Å². The molecule has 0 saturated heterocycles. The third kappa shape index (κ3) is 4.47. The number of hydrogen-bond acceptors (Lipinski definition) is 4. The van der Waals surface area contributed by atoms with E-state index < -0.39 is 18.0 Å². The summed E-state index contributed by atoms with van der Waals surface area (Å²) >= 11 is 0. The van der Waals surface area contributed by atoms with Crippen molar-refractivity contribution in [1.29, 1.82) is 0 Å². The molecule has 1 aromatic rings. The Morgan fingerprint density at radius 1 is 1.65 bits per heavy atom. The van der Waals surface area contributed by atoms with Gasteiger partial charge in [-0.2, -0.15) is 5.10 Å². The Morgan fingerprint density at radius 3 is 2.88 bits per heavy atom. The average molecular weight is 239 g/mol. The fourth-order valence-electron chi connectivity index (χ4n) is 1.04. The number of carbonyl (C=O) groups excluding carboxylic acids is 1. The maximum atomic E-state index is 11.2. The number of nitrogens with zero attached hydrogens (tertiary/aromatic N) is 2. The monoisotopic (exact) mass is 239 g/mol. The summed E-state index contributed by atoms with van der Waals surface area (Å²) in [5.41, 5.74) is 0.751. The van der Waals surface area contributed by atoms with Crippen LogP contribution in [-0.2, 0) is 16.6 Å². The maximum absolute atomic E-state index is 11.2. The van der Waals surface area contributed by atoms with Crippen molar-refractivity contribution in [2.45, 2.75) is 6.10 Å². The highest BCUT2D eigenvalue weighted by Crippen LogP contribution is 1.98. The lowest BCUT2D eigenvalue weighted by molar-refractivity contribution is -0.146. The summed E-state index contributed by atoms with van der Waals surface area (Å²) < 4.78 is 1.59. The maximum Gasteiger partial charge on any atom is 0.334 e. The van der Waals surface area contributed by atoms with Crippen LogP contribution < -0.4 is 5.32 Å². The largest absolute Gasteiger partial charge is 0.479 e. The van der Waals surface area contributed by atoms with Gasteiger partial charge in [0.05, 0.1) is 12.7 Å². The van der Waals surface area contributed by atoms with Crippen molar-refractivity contribution in [3.05, 3.63) is 24.0 Å². The molecule has 0 unspecified atom stereocenters. The minimum Gasteiger partial charge on any atom is -0.479 e. The van der Waals surface area contributed by atoms with E-state index in [0.717, 1.165) is 5.56 Å². The molecule has 1 aromatic heterocycles. The lowest BCUT2D eigenvalue weighted by Gasteiger charge is -2.04. The van der Waals surface area contributed by atoms with Crippen LogP contribution in [0.1, 0.15) is 5.56 Å². The molecule has 0 bridgehead atoms. The Bertz CT molecular complexity index is 439. The molecule has 1 heterocycles. The molecule has 0 aliphatic heterocycles. The molecule has 0 spiro atoms. The number of carbonyl (C=O) groups is 2. The van der Waals surface area contributed by atoms with Gasteiger partial charge in [0, 0.05) is 24.9 Å². The average Bonchev–Trinajstić information content (AvgIpc) is 2.69. The van der Waals surface area contributed by atoms with Crippen LogP contribution in [0.25, 0.3) is 6.08 Å². The Labute approximate surface area is 97.4 Å². The van der Waals surface area contributed by atoms with Crippen molar-refractivity contribution in [1.82, 2.24) is 15.1 Å². The van der Waals surface area contributed by atoms with Gasteiger partial charge < -0.3 is 15.5 Å². The van der Waals surface area contributed by atoms with Gasteiger partial charge in [-0.1, -0.05) is 0 Å². The second kappa shape index (κ2) is 5.80. The number of hydrogen-bond donors (Lipinski definition) is 3. The molecule has 0 aliphatic rings. The zero-order valence-electron chi connectivity index (χ0n) is 9.20. The van der Waals surface area contributed by atoms with E-state index in [0.29, 0.717) is 0 Å². The molecule has 1 rings (SSSR count). The number of aliphatic carboxylic acids is 1. The number of nitrogens with one attached hydrogen (secondary N) is 1. The summed E-state index contributed by atoms with van der Waals surface area (Å²) in [5.74, 6) is -1.85. The first-order valence-corrected chi connectivity index (χ1v) is 4.84. The van der Waals surface area contributed by atoms with Crippen LogP contribution in [0, 0.1) is 0 Å². The molecule has 0 aromatic carbocycles. The van der Waals surface area contributed by atoms with Gasteiger partial charge in [-0.15, -0.1) is 0 Å². The molecule has 7 nitrogen and oxygen atoms in total. The van der Waals surface area contributed by atoms with Crippen molar-refractivity contribution in [3.8, 4) is 0 Å². The fourth-order valence-corrected chi connectivity index (χ4v) is 1.04. The summed E-state index contributed by atoms with van der Waals surface area (Å²) in [4.78, 5) is 21.5. The zero-order valence-corrected chi connectivity index (χ0v) is 9.20. The normalized spacial score (nSPS) is 12.6. The van der Waals surface area contributed by atoms with E-state index in [1.165, 1.54) is 12.2 Å². The molecular weight excluding hydrogens is 226 g/mol. The Hall–Kier alpha value is -2.15. The number of carboxylic acid groups (broad SMARTS) is 1. The van der Waals surface area contributed by atoms with Crippen molar-refractivity contribution in [3.63, 3.8) is 0 Å². The molecular formula is C10H13N3O4. The summed E-state index contributed by atoms with van der Waals surface area (Å²) in [5, 5.41) is 23.5. The molecule has 17 heavy (non-hydrogen) atoms. The first-order chi connectivity index (χ1) is 7.99. The number of aryl methyl sites for hydroxylation is 1. The molecule has 1 amide bonds. The van der Waals surface area contributed by atoms with Gasteiger partial charge >= 0.3 is 5.97 Å². The van der Waals surface area contributed by atoms with Crippen LogP contribution in [0.15, 0.2) is 18.5 Å². The highest BCUT2D eigenvalue weighted by atomic mass is 16.4. The summed E-state index contributed by atoms with van der Waals surface area (Å²) in [7, 11) is 1.75. The smallest absolute Gasteiger partial charge is 0.334 e. The Balaban J connectivity index is 2.39. The lowest BCUT2D eigenvalue weighted by Crippen LogP contribution is -2.35. The fraction of sp³-hybridized carbons (Fsp3) is 0.300. The minimum atomic E-state index is -1.59. The van der Waals surface area contributed by atoms with Gasteiger partial charge in [-0.3, -0.25) is 9.48 Å². The number of aliphatic hydroxyl groups is 1. The minimum absolute atomic E-state index is 0.328. The third-order valence-electron chi connectivity index (χ3n) is 1.91. The van der Waals surface area contributed by atoms with E-state index in [9.17, 15) is 9.59 Å². The SMILES string of the molecule is Cn1cc(/C=C/C(=O)NC[C@H](O)C(=O)O)cn1. The van der Waals surface area contributed by atoms with E-state index in [4.69, 9.17) is 10.2 Å². The number of aromatic nitrogens is 2. The molecule has 7 heteroatoms. The van der Waals surface area contributed by atoms with Crippen molar-refractivity contribution >= 4 is 18.0 Å². The van der Waals surface area contributed by atoms with Gasteiger partial charge in [0.25, 0.3) is 0 Å². The highest BCUT2D eigenvalue weighted by Gasteiger charge is 2.12. The first-order valence-electron chi connectivity index (χ1n) is 4.84. The topological polar surface area (TPSA) is 104 Å². The number of carboxylic acids is 1. The van der Waals surface area contributed by atoms with Crippen LogP contribution in [0.3, 0.4) is 0 Å². The van der Waals surface area contributed by atoms with Crippen LogP contribution in [0.2, 0.25) is 0 Å². The van der Waals surface area contributed by atoms with E-state index >= 15 is 0 Å². The zero-order chi connectivity index (χ0) is 12.8. The number of rotatable bonds is 5. The molecule has 0 fully saturated rings. The predicted molar refractivity (Wildman–Crippen MR) is 58.9 cm³/mol. The van der Waals surface area contributed by atoms with Crippen LogP contribution in [-0.4, -0.2) is 44.5 Å². The molecule has 1 atom stereocenters. The Morgan fingerprint density at radius 2 is 2.35 bits per heavy atom. The van der Waals surface area contributed by atoms with Crippen LogP contribution >= 0.6 is 0 Å². The van der Waals surface area contributed by atoms with Gasteiger partial charge in [0.15, 0.2) is 6.10 Å². The summed E-state index contributed by atoms with van der Waals surface area (Å²) in [6.45, 7) is -0.328. The van der Waals surface area contributed by atoms with Crippen molar-refractivity contribution in [2.24, 2.45) is 7.05 Å². The van der Waals surface area contributed by atoms with E-state index in [-0.39, 0.29) is 6.54 Å². The molecule has 0 radical (unpaired) electrons. The quantitative estimate of drug-likeness (QED) is 0.571. The second-order valence-corrected chi connectivity index (χ2v) is 3.38. The lowest BCUT2D eigenvalue weighted by atomic mass is 10.3. The van der Waals surface area contributed by atoms with Gasteiger partial charge in [-0.25, -0.2) is 4.79 Å². The molecule has 0 saturated carbocycles. The summed E-state index contributed by atoms with van der Waals surface area (Å²) in [6.07, 6.45) is 4.48. The molecule has 3 N–H and O–H groups in total. The van der Waals surface area contributed by atoms with Crippen LogP contribution in [0.4, 0.5) is 0 Å². The van der Waals surface area contributed by atoms with Crippen molar-refractivity contribution in [2.75, 3.05) is 6.54 Å². The molecule has 0 aliphatic carbocycles.